The maximum Gasteiger partial charge on any atom is 0.320 e. The number of nitrogens with one attached hydrogen (secondary N) is 1. The summed E-state index contributed by atoms with van der Waals surface area (Å²) in [5.41, 5.74) is 6.75. The van der Waals surface area contributed by atoms with Crippen LogP contribution in [0.25, 0.3) is 0 Å². The van der Waals surface area contributed by atoms with Crippen LogP contribution in [0, 0.1) is 6.92 Å². The third kappa shape index (κ3) is 3.98. The molecule has 0 bridgehead atoms. The van der Waals surface area contributed by atoms with Crippen molar-refractivity contribution in [2.75, 3.05) is 13.7 Å². The Bertz CT molecular complexity index is 611. The molecule has 104 valence electrons. The minimum atomic E-state index is -3.77. The summed E-state index contributed by atoms with van der Waals surface area (Å²) in [5.74, 6) is -0.667. The van der Waals surface area contributed by atoms with Crippen LogP contribution in [0.5, 0.6) is 0 Å². The number of carbonyl (C=O) groups excluding carboxylic acids is 1. The second-order valence-electron chi connectivity index (χ2n) is 3.74. The number of ether oxygens (including phenoxy) is 1. The predicted molar refractivity (Wildman–Crippen MR) is 74.3 cm³/mol. The summed E-state index contributed by atoms with van der Waals surface area (Å²) in [6.07, 6.45) is 0. The van der Waals surface area contributed by atoms with Gasteiger partial charge in [0.15, 0.2) is 0 Å². The van der Waals surface area contributed by atoms with Gasteiger partial charge in [-0.05, 0) is 24.6 Å². The summed E-state index contributed by atoms with van der Waals surface area (Å²) in [6, 6.07) is 4.35. The van der Waals surface area contributed by atoms with Crippen LogP contribution in [0.15, 0.2) is 23.1 Å². The molecule has 0 amide bonds. The zero-order valence-electron chi connectivity index (χ0n) is 10.5. The normalized spacial score (nSPS) is 11.1. The zero-order valence-corrected chi connectivity index (χ0v) is 12.1. The van der Waals surface area contributed by atoms with Crippen LogP contribution < -0.4 is 10.5 Å². The zero-order chi connectivity index (χ0) is 14.6. The maximum atomic E-state index is 11.9. The first-order valence-electron chi connectivity index (χ1n) is 5.25. The van der Waals surface area contributed by atoms with Gasteiger partial charge in [-0.1, -0.05) is 18.3 Å². The van der Waals surface area contributed by atoms with Gasteiger partial charge in [0.2, 0.25) is 10.0 Å². The lowest BCUT2D eigenvalue weighted by molar-refractivity contribution is -0.139. The third-order valence-corrected chi connectivity index (χ3v) is 4.03. The quantitative estimate of drug-likeness (QED) is 0.590. The Morgan fingerprint density at radius 2 is 2.11 bits per heavy atom. The van der Waals surface area contributed by atoms with E-state index in [-0.39, 0.29) is 9.88 Å². The summed E-state index contributed by atoms with van der Waals surface area (Å²) < 4.78 is 30.3. The number of sulfonamides is 1. The molecule has 0 aliphatic carbocycles. The molecule has 0 fully saturated rings. The predicted octanol–water partition coefficient (Wildman–Crippen LogP) is 0.0805. The Labute approximate surface area is 117 Å². The van der Waals surface area contributed by atoms with Crippen LogP contribution in [0.1, 0.15) is 11.1 Å². The number of hydrogen-bond acceptors (Lipinski definition) is 5. The van der Waals surface area contributed by atoms with Crippen LogP contribution in [-0.4, -0.2) is 33.0 Å². The highest BCUT2D eigenvalue weighted by atomic mass is 32.2. The largest absolute Gasteiger partial charge is 0.468 e. The molecule has 1 rings (SSSR count). The molecule has 0 heterocycles. The topological polar surface area (TPSA) is 98.5 Å². The molecule has 0 atom stereocenters. The van der Waals surface area contributed by atoms with E-state index in [0.29, 0.717) is 11.1 Å². The first kappa shape index (κ1) is 15.5. The number of aryl methyl sites for hydroxylation is 1. The lowest BCUT2D eigenvalue weighted by Crippen LogP contribution is -2.30. The number of esters is 1. The summed E-state index contributed by atoms with van der Waals surface area (Å²) in [6.45, 7) is 1.28. The number of methoxy groups -OCH3 is 1. The molecule has 0 saturated carbocycles. The van der Waals surface area contributed by atoms with Crippen LogP contribution in [-0.2, 0) is 19.6 Å². The summed E-state index contributed by atoms with van der Waals surface area (Å²) in [7, 11) is -2.59. The fourth-order valence-electron chi connectivity index (χ4n) is 1.39. The number of rotatable bonds is 5. The van der Waals surface area contributed by atoms with E-state index in [1.54, 1.807) is 6.92 Å². The van der Waals surface area contributed by atoms with Gasteiger partial charge in [0.05, 0.1) is 12.0 Å². The fraction of sp³-hybridized carbons (Fsp3) is 0.273. The van der Waals surface area contributed by atoms with E-state index in [4.69, 9.17) is 18.0 Å². The van der Waals surface area contributed by atoms with Crippen LogP contribution >= 0.6 is 12.2 Å². The molecule has 6 nitrogen and oxygen atoms in total. The smallest absolute Gasteiger partial charge is 0.320 e. The van der Waals surface area contributed by atoms with Crippen molar-refractivity contribution in [3.05, 3.63) is 29.3 Å². The Morgan fingerprint density at radius 3 is 2.58 bits per heavy atom. The minimum absolute atomic E-state index is 0.0360. The Hall–Kier alpha value is -1.51. The van der Waals surface area contributed by atoms with Crippen molar-refractivity contribution in [2.45, 2.75) is 11.8 Å². The van der Waals surface area contributed by atoms with Crippen molar-refractivity contribution in [1.82, 2.24) is 4.72 Å². The van der Waals surface area contributed by atoms with Gasteiger partial charge >= 0.3 is 5.97 Å². The third-order valence-electron chi connectivity index (χ3n) is 2.41. The molecule has 19 heavy (non-hydrogen) atoms. The SMILES string of the molecule is COC(=O)CNS(=O)(=O)c1ccc(C(N)=S)c(C)c1. The Morgan fingerprint density at radius 1 is 1.47 bits per heavy atom. The first-order valence-corrected chi connectivity index (χ1v) is 7.14. The van der Waals surface area contributed by atoms with Crippen molar-refractivity contribution < 1.29 is 17.9 Å². The highest BCUT2D eigenvalue weighted by molar-refractivity contribution is 7.89. The van der Waals surface area contributed by atoms with E-state index in [0.717, 1.165) is 0 Å². The molecule has 0 spiro atoms. The van der Waals surface area contributed by atoms with Crippen molar-refractivity contribution >= 4 is 33.2 Å². The van der Waals surface area contributed by atoms with Gasteiger partial charge in [-0.3, -0.25) is 4.79 Å². The molecule has 8 heteroatoms. The van der Waals surface area contributed by atoms with E-state index in [9.17, 15) is 13.2 Å². The van der Waals surface area contributed by atoms with Gasteiger partial charge in [0.25, 0.3) is 0 Å². The van der Waals surface area contributed by atoms with Gasteiger partial charge < -0.3 is 10.5 Å². The van der Waals surface area contributed by atoms with E-state index >= 15 is 0 Å². The van der Waals surface area contributed by atoms with E-state index in [1.165, 1.54) is 25.3 Å². The van der Waals surface area contributed by atoms with Crippen molar-refractivity contribution in [3.63, 3.8) is 0 Å². The molecule has 1 aromatic rings. The highest BCUT2D eigenvalue weighted by Crippen LogP contribution is 2.15. The van der Waals surface area contributed by atoms with E-state index in [1.807, 2.05) is 0 Å². The van der Waals surface area contributed by atoms with Crippen molar-refractivity contribution in [3.8, 4) is 0 Å². The average Bonchev–Trinajstić information content (AvgIpc) is 2.35. The Kier molecular flexibility index (Phi) is 4.98. The van der Waals surface area contributed by atoms with Crippen molar-refractivity contribution in [1.29, 1.82) is 0 Å². The lowest BCUT2D eigenvalue weighted by Gasteiger charge is -2.09. The van der Waals surface area contributed by atoms with Crippen LogP contribution in [0.4, 0.5) is 0 Å². The number of thiocarbonyl (C=S) groups is 1. The summed E-state index contributed by atoms with van der Waals surface area (Å²) in [5, 5.41) is 0. The van der Waals surface area contributed by atoms with Crippen LogP contribution in [0.3, 0.4) is 0 Å². The van der Waals surface area contributed by atoms with Gasteiger partial charge in [-0.2, -0.15) is 4.72 Å². The number of benzene rings is 1. The average molecular weight is 302 g/mol. The number of nitrogens with two attached hydrogens (primary N) is 1. The van der Waals surface area contributed by atoms with Gasteiger partial charge in [-0.15, -0.1) is 0 Å². The van der Waals surface area contributed by atoms with Gasteiger partial charge in [0.1, 0.15) is 11.5 Å². The standard InChI is InChI=1S/C11H14N2O4S2/c1-7-5-8(3-4-9(7)11(12)18)19(15,16)13-6-10(14)17-2/h3-5,13H,6H2,1-2H3,(H2,12,18). The summed E-state index contributed by atoms with van der Waals surface area (Å²) >= 11 is 4.84. The monoisotopic (exact) mass is 302 g/mol. The molecule has 0 unspecified atom stereocenters. The molecule has 0 radical (unpaired) electrons. The Balaban J connectivity index is 3.00. The highest BCUT2D eigenvalue weighted by Gasteiger charge is 2.17. The minimum Gasteiger partial charge on any atom is -0.468 e. The molecule has 0 saturated heterocycles. The molecule has 0 aliphatic rings. The molecule has 3 N–H and O–H groups in total. The molecular formula is C11H14N2O4S2. The van der Waals surface area contributed by atoms with Crippen molar-refractivity contribution in [2.24, 2.45) is 5.73 Å². The van der Waals surface area contributed by atoms with Gasteiger partial charge in [0, 0.05) is 5.56 Å². The molecule has 0 aromatic heterocycles. The second-order valence-corrected chi connectivity index (χ2v) is 5.95. The molecule has 1 aromatic carbocycles. The maximum absolute atomic E-state index is 11.9. The first-order chi connectivity index (χ1) is 8.77. The lowest BCUT2D eigenvalue weighted by atomic mass is 10.1. The van der Waals surface area contributed by atoms with E-state index < -0.39 is 22.5 Å². The molecule has 0 aliphatic heterocycles. The van der Waals surface area contributed by atoms with Crippen LogP contribution in [0.2, 0.25) is 0 Å². The van der Waals surface area contributed by atoms with Gasteiger partial charge in [-0.25, -0.2) is 8.42 Å². The molecular weight excluding hydrogens is 288 g/mol. The van der Waals surface area contributed by atoms with E-state index in [2.05, 4.69) is 9.46 Å². The number of hydrogen-bond donors (Lipinski definition) is 2. The number of carbonyl (C=O) groups is 1. The summed E-state index contributed by atoms with van der Waals surface area (Å²) in [4.78, 5) is 11.2. The second kappa shape index (κ2) is 6.09. The fourth-order valence-corrected chi connectivity index (χ4v) is 2.67.